The maximum Gasteiger partial charge on any atom is 0.335 e. The second-order valence-electron chi connectivity index (χ2n) is 7.30. The Bertz CT molecular complexity index is 1350. The Kier molecular flexibility index (Phi) is 5.37. The fourth-order valence-corrected chi connectivity index (χ4v) is 3.34. The minimum atomic E-state index is -1.05. The monoisotopic (exact) mass is 411 g/mol. The van der Waals surface area contributed by atoms with Crippen molar-refractivity contribution in [1.82, 2.24) is 9.55 Å². The SMILES string of the molecule is CN(C)c1ccc(/C=C/c2nc3ccccc3c(=O)n2-c2cccc(C(=O)O)c2)cc1. The van der Waals surface area contributed by atoms with Gasteiger partial charge in [-0.05, 0) is 54.1 Å². The Morgan fingerprint density at radius 2 is 1.71 bits per heavy atom. The van der Waals surface area contributed by atoms with Crippen molar-refractivity contribution in [3.63, 3.8) is 0 Å². The molecule has 6 heteroatoms. The quantitative estimate of drug-likeness (QED) is 0.529. The van der Waals surface area contributed by atoms with Gasteiger partial charge in [0.05, 0.1) is 22.2 Å². The Balaban J connectivity index is 1.87. The summed E-state index contributed by atoms with van der Waals surface area (Å²) in [6.07, 6.45) is 3.65. The molecule has 3 aromatic carbocycles. The van der Waals surface area contributed by atoms with E-state index in [2.05, 4.69) is 4.98 Å². The van der Waals surface area contributed by atoms with E-state index in [9.17, 15) is 14.7 Å². The maximum absolute atomic E-state index is 13.3. The number of carboxylic acids is 1. The van der Waals surface area contributed by atoms with Gasteiger partial charge in [0.15, 0.2) is 0 Å². The van der Waals surface area contributed by atoms with Crippen LogP contribution in [-0.2, 0) is 0 Å². The van der Waals surface area contributed by atoms with Crippen molar-refractivity contribution in [2.75, 3.05) is 19.0 Å². The van der Waals surface area contributed by atoms with Gasteiger partial charge in [0.25, 0.3) is 5.56 Å². The molecule has 0 radical (unpaired) electrons. The summed E-state index contributed by atoms with van der Waals surface area (Å²) in [6.45, 7) is 0. The number of rotatable bonds is 5. The maximum atomic E-state index is 13.3. The molecule has 0 fully saturated rings. The van der Waals surface area contributed by atoms with Crippen LogP contribution in [0.25, 0.3) is 28.7 Å². The van der Waals surface area contributed by atoms with Crippen molar-refractivity contribution < 1.29 is 9.90 Å². The molecule has 1 N–H and O–H groups in total. The summed E-state index contributed by atoms with van der Waals surface area (Å²) in [7, 11) is 3.96. The normalized spacial score (nSPS) is 11.2. The van der Waals surface area contributed by atoms with Crippen LogP contribution >= 0.6 is 0 Å². The molecule has 0 spiro atoms. The van der Waals surface area contributed by atoms with Crippen LogP contribution in [0.4, 0.5) is 5.69 Å². The predicted octanol–water partition coefficient (Wildman–Crippen LogP) is 4.32. The van der Waals surface area contributed by atoms with Gasteiger partial charge in [-0.3, -0.25) is 9.36 Å². The summed E-state index contributed by atoms with van der Waals surface area (Å²) in [4.78, 5) is 31.4. The number of anilines is 1. The van der Waals surface area contributed by atoms with Gasteiger partial charge >= 0.3 is 5.97 Å². The largest absolute Gasteiger partial charge is 0.478 e. The molecular formula is C25H21N3O3. The number of benzene rings is 3. The number of para-hydroxylation sites is 1. The summed E-state index contributed by atoms with van der Waals surface area (Å²) in [5.41, 5.74) is 2.93. The topological polar surface area (TPSA) is 75.4 Å². The molecule has 0 atom stereocenters. The average molecular weight is 411 g/mol. The second kappa shape index (κ2) is 8.28. The lowest BCUT2D eigenvalue weighted by molar-refractivity contribution is 0.0697. The molecule has 31 heavy (non-hydrogen) atoms. The third-order valence-corrected chi connectivity index (χ3v) is 4.99. The Labute approximate surface area is 179 Å². The molecule has 0 saturated heterocycles. The van der Waals surface area contributed by atoms with Crippen LogP contribution in [-0.4, -0.2) is 34.7 Å². The number of hydrogen-bond donors (Lipinski definition) is 1. The number of aromatic nitrogens is 2. The van der Waals surface area contributed by atoms with Crippen LogP contribution in [0.2, 0.25) is 0 Å². The van der Waals surface area contributed by atoms with Gasteiger partial charge in [-0.15, -0.1) is 0 Å². The third-order valence-electron chi connectivity index (χ3n) is 4.99. The zero-order chi connectivity index (χ0) is 22.0. The first kappa shape index (κ1) is 20.1. The zero-order valence-electron chi connectivity index (χ0n) is 17.2. The number of carboxylic acid groups (broad SMARTS) is 1. The number of hydrogen-bond acceptors (Lipinski definition) is 4. The number of aromatic carboxylic acids is 1. The summed E-state index contributed by atoms with van der Waals surface area (Å²) in [5, 5.41) is 9.83. The number of nitrogens with zero attached hydrogens (tertiary/aromatic N) is 3. The van der Waals surface area contributed by atoms with Gasteiger partial charge in [-0.25, -0.2) is 9.78 Å². The van der Waals surface area contributed by atoms with Gasteiger partial charge in [0.2, 0.25) is 0 Å². The second-order valence-corrected chi connectivity index (χ2v) is 7.30. The van der Waals surface area contributed by atoms with Gasteiger partial charge < -0.3 is 10.0 Å². The molecule has 6 nitrogen and oxygen atoms in total. The highest BCUT2D eigenvalue weighted by molar-refractivity contribution is 5.88. The van der Waals surface area contributed by atoms with Crippen molar-refractivity contribution >= 4 is 34.7 Å². The first-order valence-corrected chi connectivity index (χ1v) is 9.75. The van der Waals surface area contributed by atoms with E-state index >= 15 is 0 Å². The summed E-state index contributed by atoms with van der Waals surface area (Å²) < 4.78 is 1.44. The first-order valence-electron chi connectivity index (χ1n) is 9.75. The number of carbonyl (C=O) groups is 1. The minimum absolute atomic E-state index is 0.103. The first-order chi connectivity index (χ1) is 14.9. The molecule has 154 valence electrons. The van der Waals surface area contributed by atoms with E-state index in [0.29, 0.717) is 22.4 Å². The van der Waals surface area contributed by atoms with Crippen LogP contribution in [0.1, 0.15) is 21.7 Å². The number of fused-ring (bicyclic) bond motifs is 1. The van der Waals surface area contributed by atoms with E-state index < -0.39 is 5.97 Å². The molecule has 0 amide bonds. The Morgan fingerprint density at radius 3 is 2.42 bits per heavy atom. The fourth-order valence-electron chi connectivity index (χ4n) is 3.34. The molecule has 0 aliphatic heterocycles. The van der Waals surface area contributed by atoms with Crippen molar-refractivity contribution in [1.29, 1.82) is 0 Å². The third kappa shape index (κ3) is 4.09. The van der Waals surface area contributed by atoms with E-state index in [4.69, 9.17) is 0 Å². The van der Waals surface area contributed by atoms with E-state index in [0.717, 1.165) is 11.3 Å². The van der Waals surface area contributed by atoms with Crippen LogP contribution in [0.15, 0.2) is 77.6 Å². The van der Waals surface area contributed by atoms with Crippen LogP contribution < -0.4 is 10.5 Å². The van der Waals surface area contributed by atoms with Gasteiger partial charge in [0.1, 0.15) is 5.82 Å². The van der Waals surface area contributed by atoms with Gasteiger partial charge in [-0.2, -0.15) is 0 Å². The van der Waals surface area contributed by atoms with Crippen molar-refractivity contribution in [2.45, 2.75) is 0 Å². The highest BCUT2D eigenvalue weighted by Gasteiger charge is 2.13. The molecular weight excluding hydrogens is 390 g/mol. The Hall–Kier alpha value is -4.19. The Morgan fingerprint density at radius 1 is 0.968 bits per heavy atom. The minimum Gasteiger partial charge on any atom is -0.478 e. The molecule has 0 aliphatic carbocycles. The van der Waals surface area contributed by atoms with Crippen LogP contribution in [0, 0.1) is 0 Å². The average Bonchev–Trinajstić information content (AvgIpc) is 2.78. The van der Waals surface area contributed by atoms with E-state index in [1.54, 1.807) is 36.4 Å². The molecule has 0 bridgehead atoms. The molecule has 0 aliphatic rings. The summed E-state index contributed by atoms with van der Waals surface area (Å²) >= 11 is 0. The van der Waals surface area contributed by atoms with Gasteiger partial charge in [0, 0.05) is 19.8 Å². The van der Waals surface area contributed by atoms with Crippen molar-refractivity contribution in [3.8, 4) is 5.69 Å². The highest BCUT2D eigenvalue weighted by atomic mass is 16.4. The van der Waals surface area contributed by atoms with Crippen molar-refractivity contribution in [3.05, 3.63) is 100 Å². The molecule has 0 saturated carbocycles. The lowest BCUT2D eigenvalue weighted by Gasteiger charge is -2.13. The van der Waals surface area contributed by atoms with Gasteiger partial charge in [-0.1, -0.05) is 36.4 Å². The molecule has 1 aromatic heterocycles. The lowest BCUT2D eigenvalue weighted by atomic mass is 10.1. The summed E-state index contributed by atoms with van der Waals surface area (Å²) in [6, 6.07) is 21.4. The molecule has 0 unspecified atom stereocenters. The highest BCUT2D eigenvalue weighted by Crippen LogP contribution is 2.18. The van der Waals surface area contributed by atoms with Crippen molar-refractivity contribution in [2.24, 2.45) is 0 Å². The standard InChI is InChI=1S/C25H21N3O3/c1-27(2)19-13-10-17(11-14-19)12-15-23-26-22-9-4-3-8-21(22)24(29)28(23)20-7-5-6-18(16-20)25(30)31/h3-16H,1-2H3,(H,30,31)/b15-12+. The predicted molar refractivity (Wildman–Crippen MR) is 124 cm³/mol. The lowest BCUT2D eigenvalue weighted by Crippen LogP contribution is -2.22. The van der Waals surface area contributed by atoms with E-state index in [-0.39, 0.29) is 11.1 Å². The molecule has 4 aromatic rings. The van der Waals surface area contributed by atoms with Crippen LogP contribution in [0.3, 0.4) is 0 Å². The summed E-state index contributed by atoms with van der Waals surface area (Å²) in [5.74, 6) is -0.635. The smallest absolute Gasteiger partial charge is 0.335 e. The van der Waals surface area contributed by atoms with Crippen LogP contribution in [0.5, 0.6) is 0 Å². The zero-order valence-corrected chi connectivity index (χ0v) is 17.2. The molecule has 1 heterocycles. The van der Waals surface area contributed by atoms with E-state index in [1.807, 2.05) is 55.4 Å². The fraction of sp³-hybridized carbons (Fsp3) is 0.0800. The van der Waals surface area contributed by atoms with E-state index in [1.165, 1.54) is 16.7 Å². The molecule has 4 rings (SSSR count).